The molecule has 1 nitrogen and oxygen atoms in total. The molecule has 2 rings (SSSR count). The summed E-state index contributed by atoms with van der Waals surface area (Å²) in [5.41, 5.74) is 1.91. The zero-order valence-electron chi connectivity index (χ0n) is 8.95. The Morgan fingerprint density at radius 3 is 2.59 bits per heavy atom. The van der Waals surface area contributed by atoms with Crippen molar-refractivity contribution in [2.45, 2.75) is 6.42 Å². The van der Waals surface area contributed by atoms with Crippen molar-refractivity contribution >= 4 is 11.6 Å². The molecule has 0 bridgehead atoms. The highest BCUT2D eigenvalue weighted by Gasteiger charge is 2.07. The first-order chi connectivity index (χ1) is 8.22. The van der Waals surface area contributed by atoms with Crippen LogP contribution in [0.4, 0.5) is 4.39 Å². The molecule has 0 radical (unpaired) electrons. The Labute approximate surface area is 104 Å². The number of halogens is 2. The van der Waals surface area contributed by atoms with Gasteiger partial charge in [-0.3, -0.25) is 0 Å². The summed E-state index contributed by atoms with van der Waals surface area (Å²) >= 11 is 6.04. The van der Waals surface area contributed by atoms with Crippen molar-refractivity contribution in [3.8, 4) is 17.2 Å². The van der Waals surface area contributed by atoms with Crippen molar-refractivity contribution < 1.29 is 4.39 Å². The van der Waals surface area contributed by atoms with Gasteiger partial charge < -0.3 is 0 Å². The monoisotopic (exact) mass is 245 g/mol. The van der Waals surface area contributed by atoms with Gasteiger partial charge >= 0.3 is 0 Å². The van der Waals surface area contributed by atoms with E-state index in [1.165, 1.54) is 6.07 Å². The van der Waals surface area contributed by atoms with Crippen LogP contribution in [0.5, 0.6) is 0 Å². The van der Waals surface area contributed by atoms with Crippen LogP contribution < -0.4 is 0 Å². The fourth-order valence-electron chi connectivity index (χ4n) is 1.64. The van der Waals surface area contributed by atoms with Gasteiger partial charge in [-0.15, -0.1) is 0 Å². The van der Waals surface area contributed by atoms with E-state index in [4.69, 9.17) is 16.9 Å². The first-order valence-electron chi connectivity index (χ1n) is 5.12. The Morgan fingerprint density at radius 1 is 1.18 bits per heavy atom. The van der Waals surface area contributed by atoms with Crippen LogP contribution in [0, 0.1) is 17.1 Å². The average molecular weight is 246 g/mol. The normalized spacial score (nSPS) is 9.94. The average Bonchev–Trinajstić information content (AvgIpc) is 2.33. The molecule has 0 fully saturated rings. The second-order valence-electron chi connectivity index (χ2n) is 3.62. The molecule has 0 aromatic heterocycles. The lowest BCUT2D eigenvalue weighted by atomic mass is 10.0. The minimum atomic E-state index is -0.371. The lowest BCUT2D eigenvalue weighted by molar-refractivity contribution is 0.616. The van der Waals surface area contributed by atoms with Gasteiger partial charge in [-0.2, -0.15) is 5.26 Å². The Kier molecular flexibility index (Phi) is 3.41. The van der Waals surface area contributed by atoms with E-state index in [0.717, 1.165) is 11.1 Å². The van der Waals surface area contributed by atoms with E-state index in [1.807, 2.05) is 24.3 Å². The number of nitriles is 1. The maximum absolute atomic E-state index is 13.7. The molecule has 2 aromatic carbocycles. The van der Waals surface area contributed by atoms with E-state index in [9.17, 15) is 4.39 Å². The van der Waals surface area contributed by atoms with Crippen LogP contribution >= 0.6 is 11.6 Å². The van der Waals surface area contributed by atoms with Crippen LogP contribution in [0.1, 0.15) is 5.56 Å². The third-order valence-electron chi connectivity index (χ3n) is 2.51. The van der Waals surface area contributed by atoms with Crippen molar-refractivity contribution in [1.82, 2.24) is 0 Å². The van der Waals surface area contributed by atoms with Crippen LogP contribution in [0.3, 0.4) is 0 Å². The highest BCUT2D eigenvalue weighted by molar-refractivity contribution is 6.33. The summed E-state index contributed by atoms with van der Waals surface area (Å²) in [5.74, 6) is -0.371. The Balaban J connectivity index is 2.46. The van der Waals surface area contributed by atoms with Crippen molar-refractivity contribution in [3.05, 3.63) is 58.9 Å². The first kappa shape index (κ1) is 11.6. The van der Waals surface area contributed by atoms with E-state index >= 15 is 0 Å². The van der Waals surface area contributed by atoms with Crippen LogP contribution in [0.2, 0.25) is 5.02 Å². The van der Waals surface area contributed by atoms with Crippen molar-refractivity contribution in [2.24, 2.45) is 0 Å². The topological polar surface area (TPSA) is 23.8 Å². The summed E-state index contributed by atoms with van der Waals surface area (Å²) in [5, 5.41) is 9.12. The van der Waals surface area contributed by atoms with Crippen LogP contribution in [0.15, 0.2) is 42.5 Å². The number of benzene rings is 2. The molecule has 0 aliphatic rings. The molecule has 2 aromatic rings. The molecule has 17 heavy (non-hydrogen) atoms. The van der Waals surface area contributed by atoms with Gasteiger partial charge in [-0.25, -0.2) is 4.39 Å². The molecule has 0 atom stereocenters. The molecule has 0 N–H and O–H groups in total. The highest BCUT2D eigenvalue weighted by Crippen LogP contribution is 2.28. The standard InChI is InChI=1S/C14H9ClFN/c15-13-4-2-1-3-12(13)11-6-5-10(7-8-17)14(16)9-11/h1-6,9H,7H2. The zero-order chi connectivity index (χ0) is 12.3. The summed E-state index contributed by atoms with van der Waals surface area (Å²) in [4.78, 5) is 0. The SMILES string of the molecule is N#CCc1ccc(-c2ccccc2Cl)cc1F. The minimum absolute atomic E-state index is 0.0780. The zero-order valence-corrected chi connectivity index (χ0v) is 9.71. The molecule has 0 saturated heterocycles. The maximum atomic E-state index is 13.7. The summed E-state index contributed by atoms with van der Waals surface area (Å²) < 4.78 is 13.7. The fraction of sp³-hybridized carbons (Fsp3) is 0.0714. The number of rotatable bonds is 2. The summed E-state index contributed by atoms with van der Waals surface area (Å²) in [6, 6.07) is 14.0. The molecular weight excluding hydrogens is 237 g/mol. The molecule has 3 heteroatoms. The van der Waals surface area contributed by atoms with Gasteiger partial charge in [-0.1, -0.05) is 41.9 Å². The van der Waals surface area contributed by atoms with E-state index in [1.54, 1.807) is 18.2 Å². The molecule has 0 unspecified atom stereocenters. The van der Waals surface area contributed by atoms with Gasteiger partial charge in [0.25, 0.3) is 0 Å². The van der Waals surface area contributed by atoms with Crippen LogP contribution in [-0.4, -0.2) is 0 Å². The quantitative estimate of drug-likeness (QED) is 0.777. The number of hydrogen-bond donors (Lipinski definition) is 0. The molecule has 0 spiro atoms. The predicted octanol–water partition coefficient (Wildman–Crippen LogP) is 4.21. The van der Waals surface area contributed by atoms with Crippen LogP contribution in [-0.2, 0) is 6.42 Å². The molecule has 0 saturated carbocycles. The minimum Gasteiger partial charge on any atom is -0.207 e. The smallest absolute Gasteiger partial charge is 0.128 e. The molecule has 84 valence electrons. The molecular formula is C14H9ClFN. The van der Waals surface area contributed by atoms with Gasteiger partial charge in [0.05, 0.1) is 12.5 Å². The van der Waals surface area contributed by atoms with Crippen LogP contribution in [0.25, 0.3) is 11.1 Å². The van der Waals surface area contributed by atoms with E-state index in [0.29, 0.717) is 10.6 Å². The summed E-state index contributed by atoms with van der Waals surface area (Å²) in [6.07, 6.45) is 0.0780. The number of nitrogens with zero attached hydrogens (tertiary/aromatic N) is 1. The Bertz CT molecular complexity index is 587. The van der Waals surface area contributed by atoms with Crippen molar-refractivity contribution in [3.63, 3.8) is 0 Å². The fourth-order valence-corrected chi connectivity index (χ4v) is 1.88. The maximum Gasteiger partial charge on any atom is 0.128 e. The molecule has 0 amide bonds. The Morgan fingerprint density at radius 2 is 1.94 bits per heavy atom. The predicted molar refractivity (Wildman–Crippen MR) is 66.2 cm³/mol. The van der Waals surface area contributed by atoms with E-state index in [2.05, 4.69) is 0 Å². The highest BCUT2D eigenvalue weighted by atomic mass is 35.5. The van der Waals surface area contributed by atoms with Crippen molar-refractivity contribution in [1.29, 1.82) is 5.26 Å². The van der Waals surface area contributed by atoms with Gasteiger partial charge in [0.15, 0.2) is 0 Å². The Hall–Kier alpha value is -1.85. The molecule has 0 heterocycles. The molecule has 0 aliphatic heterocycles. The van der Waals surface area contributed by atoms with Gasteiger partial charge in [0, 0.05) is 16.1 Å². The number of hydrogen-bond acceptors (Lipinski definition) is 1. The van der Waals surface area contributed by atoms with Gasteiger partial charge in [0.1, 0.15) is 5.82 Å². The van der Waals surface area contributed by atoms with Crippen molar-refractivity contribution in [2.75, 3.05) is 0 Å². The third kappa shape index (κ3) is 2.46. The largest absolute Gasteiger partial charge is 0.207 e. The first-order valence-corrected chi connectivity index (χ1v) is 5.50. The second-order valence-corrected chi connectivity index (χ2v) is 4.03. The van der Waals surface area contributed by atoms with Gasteiger partial charge in [-0.05, 0) is 17.7 Å². The lowest BCUT2D eigenvalue weighted by Crippen LogP contribution is -1.89. The van der Waals surface area contributed by atoms with E-state index in [-0.39, 0.29) is 12.2 Å². The summed E-state index contributed by atoms with van der Waals surface area (Å²) in [7, 11) is 0. The van der Waals surface area contributed by atoms with Gasteiger partial charge in [0.2, 0.25) is 0 Å². The third-order valence-corrected chi connectivity index (χ3v) is 2.84. The second kappa shape index (κ2) is 4.99. The lowest BCUT2D eigenvalue weighted by Gasteiger charge is -2.06. The summed E-state index contributed by atoms with van der Waals surface area (Å²) in [6.45, 7) is 0. The van der Waals surface area contributed by atoms with E-state index < -0.39 is 0 Å². The molecule has 0 aliphatic carbocycles.